The van der Waals surface area contributed by atoms with Crippen LogP contribution in [-0.2, 0) is 0 Å². The predicted octanol–water partition coefficient (Wildman–Crippen LogP) is 1.52. The van der Waals surface area contributed by atoms with Gasteiger partial charge in [-0.2, -0.15) is 0 Å². The van der Waals surface area contributed by atoms with Crippen molar-refractivity contribution in [3.63, 3.8) is 0 Å². The number of carbonyl (C=O) groups is 1. The van der Waals surface area contributed by atoms with Gasteiger partial charge in [-0.3, -0.25) is 4.79 Å². The van der Waals surface area contributed by atoms with Crippen molar-refractivity contribution in [1.82, 2.24) is 15.2 Å². The standard InChI is InChI=1S/C15H24N4O/c1-12(11-19-7-3-2-4-8-19)9-18-15(20)14-6-5-13(16)10-17-14/h5-6,10,12H,2-4,7-9,11,16H2,1H3,(H,18,20). The van der Waals surface area contributed by atoms with E-state index >= 15 is 0 Å². The first-order valence-corrected chi connectivity index (χ1v) is 7.37. The van der Waals surface area contributed by atoms with E-state index < -0.39 is 0 Å². The van der Waals surface area contributed by atoms with Gasteiger partial charge in [-0.15, -0.1) is 0 Å². The molecule has 0 aromatic carbocycles. The Labute approximate surface area is 120 Å². The monoisotopic (exact) mass is 276 g/mol. The molecule has 2 heterocycles. The highest BCUT2D eigenvalue weighted by Crippen LogP contribution is 2.10. The van der Waals surface area contributed by atoms with E-state index in [1.165, 1.54) is 38.5 Å². The molecule has 1 unspecified atom stereocenters. The smallest absolute Gasteiger partial charge is 0.269 e. The lowest BCUT2D eigenvalue weighted by molar-refractivity contribution is 0.0937. The topological polar surface area (TPSA) is 71.2 Å². The fraction of sp³-hybridized carbons (Fsp3) is 0.600. The first-order valence-electron chi connectivity index (χ1n) is 7.37. The summed E-state index contributed by atoms with van der Waals surface area (Å²) in [5, 5.41) is 2.94. The van der Waals surface area contributed by atoms with Crippen LogP contribution >= 0.6 is 0 Å². The number of hydrogen-bond acceptors (Lipinski definition) is 4. The van der Waals surface area contributed by atoms with E-state index in [2.05, 4.69) is 22.1 Å². The minimum Gasteiger partial charge on any atom is -0.397 e. The van der Waals surface area contributed by atoms with Crippen LogP contribution in [0.2, 0.25) is 0 Å². The summed E-state index contributed by atoms with van der Waals surface area (Å²) in [6, 6.07) is 3.35. The second-order valence-electron chi connectivity index (χ2n) is 5.65. The van der Waals surface area contributed by atoms with Gasteiger partial charge in [-0.1, -0.05) is 13.3 Å². The summed E-state index contributed by atoms with van der Waals surface area (Å²) in [4.78, 5) is 18.4. The van der Waals surface area contributed by atoms with Gasteiger partial charge in [0, 0.05) is 13.1 Å². The van der Waals surface area contributed by atoms with Crippen molar-refractivity contribution in [2.75, 3.05) is 31.9 Å². The van der Waals surface area contributed by atoms with Crippen molar-refractivity contribution < 1.29 is 4.79 Å². The molecule has 5 heteroatoms. The van der Waals surface area contributed by atoms with E-state index in [9.17, 15) is 4.79 Å². The Morgan fingerprint density at radius 2 is 2.15 bits per heavy atom. The van der Waals surface area contributed by atoms with E-state index in [1.54, 1.807) is 12.1 Å². The van der Waals surface area contributed by atoms with Crippen LogP contribution in [0.5, 0.6) is 0 Å². The van der Waals surface area contributed by atoms with Crippen LogP contribution in [0.25, 0.3) is 0 Å². The number of pyridine rings is 1. The number of piperidine rings is 1. The molecule has 1 aliphatic rings. The molecular weight excluding hydrogens is 252 g/mol. The maximum Gasteiger partial charge on any atom is 0.269 e. The third-order valence-electron chi connectivity index (χ3n) is 3.65. The number of aromatic nitrogens is 1. The summed E-state index contributed by atoms with van der Waals surface area (Å²) in [5.74, 6) is 0.321. The Morgan fingerprint density at radius 3 is 2.80 bits per heavy atom. The molecule has 1 aromatic rings. The third kappa shape index (κ3) is 4.49. The highest BCUT2D eigenvalue weighted by Gasteiger charge is 2.14. The van der Waals surface area contributed by atoms with Crippen molar-refractivity contribution >= 4 is 11.6 Å². The normalized spacial score (nSPS) is 17.6. The van der Waals surface area contributed by atoms with Gasteiger partial charge < -0.3 is 16.0 Å². The fourth-order valence-corrected chi connectivity index (χ4v) is 2.54. The zero-order valence-electron chi connectivity index (χ0n) is 12.1. The molecule has 0 bridgehead atoms. The molecule has 1 aromatic heterocycles. The molecule has 1 atom stereocenters. The maximum absolute atomic E-state index is 11.9. The van der Waals surface area contributed by atoms with Crippen LogP contribution in [0, 0.1) is 5.92 Å². The molecule has 0 radical (unpaired) electrons. The maximum atomic E-state index is 11.9. The van der Waals surface area contributed by atoms with Gasteiger partial charge in [0.15, 0.2) is 0 Å². The molecule has 0 saturated carbocycles. The van der Waals surface area contributed by atoms with Crippen molar-refractivity contribution in [2.45, 2.75) is 26.2 Å². The Morgan fingerprint density at radius 1 is 1.40 bits per heavy atom. The average Bonchev–Trinajstić information content (AvgIpc) is 2.46. The van der Waals surface area contributed by atoms with E-state index in [-0.39, 0.29) is 5.91 Å². The molecule has 1 fully saturated rings. The van der Waals surface area contributed by atoms with Gasteiger partial charge in [0.2, 0.25) is 0 Å². The van der Waals surface area contributed by atoms with Gasteiger partial charge >= 0.3 is 0 Å². The van der Waals surface area contributed by atoms with Gasteiger partial charge in [0.05, 0.1) is 11.9 Å². The quantitative estimate of drug-likeness (QED) is 0.855. The summed E-state index contributed by atoms with van der Waals surface area (Å²) in [5.41, 5.74) is 6.54. The molecule has 2 rings (SSSR count). The number of nitrogens with zero attached hydrogens (tertiary/aromatic N) is 2. The van der Waals surface area contributed by atoms with Crippen LogP contribution in [0.15, 0.2) is 18.3 Å². The first kappa shape index (κ1) is 14.8. The number of nitrogen functional groups attached to an aromatic ring is 1. The molecule has 1 aliphatic heterocycles. The second-order valence-corrected chi connectivity index (χ2v) is 5.65. The second kappa shape index (κ2) is 7.24. The van der Waals surface area contributed by atoms with Crippen LogP contribution in [0.4, 0.5) is 5.69 Å². The summed E-state index contributed by atoms with van der Waals surface area (Å²) in [6.45, 7) is 6.29. The fourth-order valence-electron chi connectivity index (χ4n) is 2.54. The molecule has 0 aliphatic carbocycles. The molecule has 1 amide bonds. The number of hydrogen-bond donors (Lipinski definition) is 2. The van der Waals surface area contributed by atoms with Crippen LogP contribution in [-0.4, -0.2) is 42.0 Å². The Bertz CT molecular complexity index is 426. The first-order chi connectivity index (χ1) is 9.65. The third-order valence-corrected chi connectivity index (χ3v) is 3.65. The van der Waals surface area contributed by atoms with E-state index in [0.717, 1.165) is 6.54 Å². The van der Waals surface area contributed by atoms with Crippen molar-refractivity contribution in [2.24, 2.45) is 5.92 Å². The average molecular weight is 276 g/mol. The number of carbonyl (C=O) groups excluding carboxylic acids is 1. The Balaban J connectivity index is 1.73. The van der Waals surface area contributed by atoms with Crippen LogP contribution in [0.1, 0.15) is 36.7 Å². The molecule has 1 saturated heterocycles. The highest BCUT2D eigenvalue weighted by atomic mass is 16.1. The van der Waals surface area contributed by atoms with Crippen LogP contribution in [0.3, 0.4) is 0 Å². The number of amides is 1. The molecule has 3 N–H and O–H groups in total. The van der Waals surface area contributed by atoms with Gasteiger partial charge in [-0.05, 0) is 44.0 Å². The lowest BCUT2D eigenvalue weighted by Gasteiger charge is -2.29. The van der Waals surface area contributed by atoms with Crippen LogP contribution < -0.4 is 11.1 Å². The van der Waals surface area contributed by atoms with Gasteiger partial charge in [-0.25, -0.2) is 4.98 Å². The zero-order valence-corrected chi connectivity index (χ0v) is 12.1. The minimum absolute atomic E-state index is 0.129. The lowest BCUT2D eigenvalue weighted by atomic mass is 10.1. The number of rotatable bonds is 5. The summed E-state index contributed by atoms with van der Waals surface area (Å²) < 4.78 is 0. The Kier molecular flexibility index (Phi) is 5.35. The SMILES string of the molecule is CC(CNC(=O)c1ccc(N)cn1)CN1CCCCC1. The molecule has 110 valence electrons. The lowest BCUT2D eigenvalue weighted by Crippen LogP contribution is -2.38. The number of nitrogens with two attached hydrogens (primary N) is 1. The van der Waals surface area contributed by atoms with Gasteiger partial charge in [0.25, 0.3) is 5.91 Å². The molecule has 0 spiro atoms. The van der Waals surface area contributed by atoms with E-state index in [1.807, 2.05) is 0 Å². The van der Waals surface area contributed by atoms with Gasteiger partial charge in [0.1, 0.15) is 5.69 Å². The summed E-state index contributed by atoms with van der Waals surface area (Å²) in [7, 11) is 0. The largest absolute Gasteiger partial charge is 0.397 e. The number of likely N-dealkylation sites (tertiary alicyclic amines) is 1. The van der Waals surface area contributed by atoms with E-state index in [0.29, 0.717) is 23.8 Å². The van der Waals surface area contributed by atoms with Crippen molar-refractivity contribution in [1.29, 1.82) is 0 Å². The molecular formula is C15H24N4O. The van der Waals surface area contributed by atoms with Crippen molar-refractivity contribution in [3.8, 4) is 0 Å². The zero-order chi connectivity index (χ0) is 14.4. The minimum atomic E-state index is -0.129. The van der Waals surface area contributed by atoms with Crippen molar-refractivity contribution in [3.05, 3.63) is 24.0 Å². The highest BCUT2D eigenvalue weighted by molar-refractivity contribution is 5.92. The summed E-state index contributed by atoms with van der Waals surface area (Å²) >= 11 is 0. The number of anilines is 1. The predicted molar refractivity (Wildman–Crippen MR) is 80.4 cm³/mol. The van der Waals surface area contributed by atoms with E-state index in [4.69, 9.17) is 5.73 Å². The Hall–Kier alpha value is -1.62. The molecule has 5 nitrogen and oxygen atoms in total. The molecule has 20 heavy (non-hydrogen) atoms. The summed E-state index contributed by atoms with van der Waals surface area (Å²) in [6.07, 6.45) is 5.46. The number of nitrogens with one attached hydrogen (secondary N) is 1.